The highest BCUT2D eigenvalue weighted by atomic mass is 16.5. The number of rotatable bonds is 3. The number of benzene rings is 2. The number of nitrogens with two attached hydrogens (primary N) is 2. The number of pyridine rings is 1. The van der Waals surface area contributed by atoms with E-state index in [1.165, 1.54) is 6.07 Å². The fourth-order valence-electron chi connectivity index (χ4n) is 3.58. The lowest BCUT2D eigenvalue weighted by Crippen LogP contribution is -2.17. The summed E-state index contributed by atoms with van der Waals surface area (Å²) >= 11 is 0. The fourth-order valence-corrected chi connectivity index (χ4v) is 3.58. The van der Waals surface area contributed by atoms with Crippen LogP contribution in [0.1, 0.15) is 28.2 Å². The number of hydrogen-bond donors (Lipinski definition) is 3. The topological polar surface area (TPSA) is 137 Å². The minimum absolute atomic E-state index is 0.0154. The van der Waals surface area contributed by atoms with Crippen LogP contribution in [-0.2, 0) is 0 Å². The molecule has 5 N–H and O–H groups in total. The standard InChI is InChI=1S/C21H18N4O4/c1-27-14-6-3-10(7-16(14)28-2)17-12-5-4-11(26)8-15(12)29-21-18(17)19(23)13(9-22)20(24)25-21/h3-8,17,26H,1-2H3,(H4,23,24,25)/t17-/m0/s1. The van der Waals surface area contributed by atoms with Gasteiger partial charge in [-0.25, -0.2) is 0 Å². The first-order chi connectivity index (χ1) is 14.0. The summed E-state index contributed by atoms with van der Waals surface area (Å²) in [5.74, 6) is 1.35. The third-order valence-corrected chi connectivity index (χ3v) is 4.92. The number of aromatic nitrogens is 1. The highest BCUT2D eigenvalue weighted by Gasteiger charge is 2.34. The van der Waals surface area contributed by atoms with Crippen LogP contribution >= 0.6 is 0 Å². The van der Waals surface area contributed by atoms with Gasteiger partial charge in [-0.2, -0.15) is 10.2 Å². The number of nitrogen functional groups attached to an aromatic ring is 2. The quantitative estimate of drug-likeness (QED) is 0.485. The van der Waals surface area contributed by atoms with Gasteiger partial charge >= 0.3 is 0 Å². The Labute approximate surface area is 166 Å². The van der Waals surface area contributed by atoms with Gasteiger partial charge < -0.3 is 30.8 Å². The van der Waals surface area contributed by atoms with Gasteiger partial charge in [0, 0.05) is 17.5 Å². The first-order valence-electron chi connectivity index (χ1n) is 8.70. The van der Waals surface area contributed by atoms with Crippen molar-refractivity contribution in [1.29, 1.82) is 5.26 Å². The lowest BCUT2D eigenvalue weighted by atomic mass is 9.82. The van der Waals surface area contributed by atoms with Gasteiger partial charge in [-0.15, -0.1) is 0 Å². The van der Waals surface area contributed by atoms with Crippen molar-refractivity contribution in [3.05, 3.63) is 58.7 Å². The molecule has 0 spiro atoms. The average Bonchev–Trinajstić information content (AvgIpc) is 2.71. The van der Waals surface area contributed by atoms with Gasteiger partial charge in [-0.1, -0.05) is 12.1 Å². The van der Waals surface area contributed by atoms with E-state index in [1.54, 1.807) is 32.4 Å². The van der Waals surface area contributed by atoms with E-state index < -0.39 is 5.92 Å². The molecular formula is C21H18N4O4. The minimum Gasteiger partial charge on any atom is -0.508 e. The Morgan fingerprint density at radius 2 is 1.86 bits per heavy atom. The SMILES string of the molecule is COc1ccc([C@H]2c3ccc(O)cc3Oc3nc(N)c(C#N)c(N)c32)cc1OC. The molecule has 0 unspecified atom stereocenters. The van der Waals surface area contributed by atoms with E-state index in [1.807, 2.05) is 18.2 Å². The Morgan fingerprint density at radius 3 is 2.55 bits per heavy atom. The predicted octanol–water partition coefficient (Wildman–Crippen LogP) is 3.13. The van der Waals surface area contributed by atoms with Crippen molar-refractivity contribution in [2.24, 2.45) is 0 Å². The summed E-state index contributed by atoms with van der Waals surface area (Å²) in [7, 11) is 3.11. The van der Waals surface area contributed by atoms with E-state index in [0.29, 0.717) is 22.8 Å². The zero-order chi connectivity index (χ0) is 20.7. The van der Waals surface area contributed by atoms with Gasteiger partial charge in [0.05, 0.1) is 25.5 Å². The summed E-state index contributed by atoms with van der Waals surface area (Å²) in [5.41, 5.74) is 14.6. The van der Waals surface area contributed by atoms with Crippen molar-refractivity contribution < 1.29 is 19.3 Å². The van der Waals surface area contributed by atoms with E-state index in [9.17, 15) is 10.4 Å². The number of methoxy groups -OCH3 is 2. The second kappa shape index (κ2) is 6.80. The molecular weight excluding hydrogens is 372 g/mol. The normalized spacial score (nSPS) is 14.2. The molecule has 29 heavy (non-hydrogen) atoms. The molecule has 2 aromatic carbocycles. The Balaban J connectivity index is 2.02. The monoisotopic (exact) mass is 390 g/mol. The molecule has 3 aromatic rings. The maximum absolute atomic E-state index is 9.91. The molecule has 8 nitrogen and oxygen atoms in total. The number of phenols is 1. The lowest BCUT2D eigenvalue weighted by molar-refractivity contribution is 0.354. The Hall–Kier alpha value is -4.12. The van der Waals surface area contributed by atoms with Gasteiger partial charge in [-0.05, 0) is 23.8 Å². The molecule has 4 rings (SSSR count). The number of nitriles is 1. The van der Waals surface area contributed by atoms with Crippen LogP contribution in [0.25, 0.3) is 0 Å². The summed E-state index contributed by atoms with van der Waals surface area (Å²) < 4.78 is 16.6. The molecule has 146 valence electrons. The van der Waals surface area contributed by atoms with Gasteiger partial charge in [0.1, 0.15) is 28.9 Å². The maximum atomic E-state index is 9.91. The van der Waals surface area contributed by atoms with Crippen molar-refractivity contribution in [1.82, 2.24) is 4.98 Å². The molecule has 1 atom stereocenters. The summed E-state index contributed by atoms with van der Waals surface area (Å²) in [6.45, 7) is 0. The lowest BCUT2D eigenvalue weighted by Gasteiger charge is -2.30. The average molecular weight is 390 g/mol. The third kappa shape index (κ3) is 2.80. The van der Waals surface area contributed by atoms with Crippen molar-refractivity contribution in [2.75, 3.05) is 25.7 Å². The zero-order valence-corrected chi connectivity index (χ0v) is 15.8. The van der Waals surface area contributed by atoms with Gasteiger partial charge in [0.15, 0.2) is 11.5 Å². The van der Waals surface area contributed by atoms with Gasteiger partial charge in [-0.3, -0.25) is 0 Å². The second-order valence-corrected chi connectivity index (χ2v) is 6.49. The highest BCUT2D eigenvalue weighted by Crippen LogP contribution is 2.51. The molecule has 0 bridgehead atoms. The van der Waals surface area contributed by atoms with Crippen LogP contribution in [0.15, 0.2) is 36.4 Å². The Bertz CT molecular complexity index is 1170. The van der Waals surface area contributed by atoms with E-state index in [4.69, 9.17) is 25.7 Å². The Kier molecular flexibility index (Phi) is 4.28. The Morgan fingerprint density at radius 1 is 1.10 bits per heavy atom. The van der Waals surface area contributed by atoms with Gasteiger partial charge in [0.25, 0.3) is 0 Å². The minimum atomic E-state index is -0.422. The molecule has 8 heteroatoms. The molecule has 0 fully saturated rings. The molecule has 1 aromatic heterocycles. The van der Waals surface area contributed by atoms with Crippen LogP contribution in [0, 0.1) is 11.3 Å². The largest absolute Gasteiger partial charge is 0.508 e. The molecule has 0 amide bonds. The first-order valence-corrected chi connectivity index (χ1v) is 8.70. The molecule has 0 saturated heterocycles. The molecule has 2 heterocycles. The molecule has 1 aliphatic rings. The number of anilines is 2. The van der Waals surface area contributed by atoms with Gasteiger partial charge in [0.2, 0.25) is 5.88 Å². The van der Waals surface area contributed by atoms with Crippen LogP contribution < -0.4 is 25.7 Å². The molecule has 0 saturated carbocycles. The van der Waals surface area contributed by atoms with E-state index in [2.05, 4.69) is 4.98 Å². The van der Waals surface area contributed by atoms with Crippen molar-refractivity contribution >= 4 is 11.5 Å². The summed E-state index contributed by atoms with van der Waals surface area (Å²) in [4.78, 5) is 4.24. The summed E-state index contributed by atoms with van der Waals surface area (Å²) in [6, 6.07) is 12.3. The van der Waals surface area contributed by atoms with E-state index in [0.717, 1.165) is 11.1 Å². The molecule has 0 radical (unpaired) electrons. The predicted molar refractivity (Wildman–Crippen MR) is 106 cm³/mol. The number of ether oxygens (including phenoxy) is 3. The number of aromatic hydroxyl groups is 1. The number of fused-ring (bicyclic) bond motifs is 2. The second-order valence-electron chi connectivity index (χ2n) is 6.49. The van der Waals surface area contributed by atoms with Crippen molar-refractivity contribution in [2.45, 2.75) is 5.92 Å². The fraction of sp³-hybridized carbons (Fsp3) is 0.143. The molecule has 0 aliphatic carbocycles. The van der Waals surface area contributed by atoms with Crippen molar-refractivity contribution in [3.63, 3.8) is 0 Å². The molecule has 1 aliphatic heterocycles. The van der Waals surface area contributed by atoms with E-state index in [-0.39, 0.29) is 28.7 Å². The zero-order valence-electron chi connectivity index (χ0n) is 15.8. The number of phenolic OH excluding ortho intramolecular Hbond substituents is 1. The van der Waals surface area contributed by atoms with Crippen LogP contribution in [0.2, 0.25) is 0 Å². The highest BCUT2D eigenvalue weighted by molar-refractivity contribution is 5.75. The number of hydrogen-bond acceptors (Lipinski definition) is 8. The van der Waals surface area contributed by atoms with Crippen LogP contribution in [0.3, 0.4) is 0 Å². The van der Waals surface area contributed by atoms with Crippen molar-refractivity contribution in [3.8, 4) is 34.9 Å². The number of nitrogens with zero attached hydrogens (tertiary/aromatic N) is 2. The smallest absolute Gasteiger partial charge is 0.227 e. The van der Waals surface area contributed by atoms with Crippen LogP contribution in [-0.4, -0.2) is 24.3 Å². The van der Waals surface area contributed by atoms with Crippen LogP contribution in [0.5, 0.6) is 28.9 Å². The summed E-state index contributed by atoms with van der Waals surface area (Å²) in [5, 5.41) is 19.4. The van der Waals surface area contributed by atoms with E-state index >= 15 is 0 Å². The first kappa shape index (κ1) is 18.3. The maximum Gasteiger partial charge on any atom is 0.227 e. The summed E-state index contributed by atoms with van der Waals surface area (Å²) in [6.07, 6.45) is 0. The van der Waals surface area contributed by atoms with Crippen LogP contribution in [0.4, 0.5) is 11.5 Å². The third-order valence-electron chi connectivity index (χ3n) is 4.92.